The summed E-state index contributed by atoms with van der Waals surface area (Å²) in [5, 5.41) is 12.3. The van der Waals surface area contributed by atoms with Crippen LogP contribution in [-0.2, 0) is 0 Å². The number of aromatic nitrogens is 2. The molecule has 0 aliphatic carbocycles. The standard InChI is InChI=1S/C13H12FN3O2/c14-10-4-2-1-3-9(10)12(18)8-17-13(19)11-7-15-5-6-16-11/h1-7,12,18H,8H2,(H,17,19). The monoisotopic (exact) mass is 261 g/mol. The van der Waals surface area contributed by atoms with Gasteiger partial charge in [0.05, 0.1) is 12.3 Å². The van der Waals surface area contributed by atoms with Crippen molar-refractivity contribution >= 4 is 5.91 Å². The molecule has 1 atom stereocenters. The predicted octanol–water partition coefficient (Wildman–Crippen LogP) is 1.08. The molecule has 1 heterocycles. The van der Waals surface area contributed by atoms with Crippen LogP contribution in [0.4, 0.5) is 4.39 Å². The molecule has 2 rings (SSSR count). The lowest BCUT2D eigenvalue weighted by Crippen LogP contribution is -2.29. The highest BCUT2D eigenvalue weighted by molar-refractivity contribution is 5.91. The highest BCUT2D eigenvalue weighted by Crippen LogP contribution is 2.15. The van der Waals surface area contributed by atoms with Crippen molar-refractivity contribution in [3.63, 3.8) is 0 Å². The molecule has 5 nitrogen and oxygen atoms in total. The Balaban J connectivity index is 1.96. The van der Waals surface area contributed by atoms with Gasteiger partial charge in [-0.25, -0.2) is 9.37 Å². The molecule has 0 saturated carbocycles. The lowest BCUT2D eigenvalue weighted by Gasteiger charge is -2.12. The van der Waals surface area contributed by atoms with Crippen LogP contribution >= 0.6 is 0 Å². The summed E-state index contributed by atoms with van der Waals surface area (Å²) in [6, 6.07) is 5.87. The molecule has 1 aromatic carbocycles. The first kappa shape index (κ1) is 13.1. The average molecular weight is 261 g/mol. The summed E-state index contributed by atoms with van der Waals surface area (Å²) in [7, 11) is 0. The zero-order chi connectivity index (χ0) is 13.7. The number of amides is 1. The van der Waals surface area contributed by atoms with Crippen LogP contribution in [0.1, 0.15) is 22.2 Å². The number of carbonyl (C=O) groups excluding carboxylic acids is 1. The van der Waals surface area contributed by atoms with Crippen molar-refractivity contribution in [2.75, 3.05) is 6.54 Å². The summed E-state index contributed by atoms with van der Waals surface area (Å²) in [5.41, 5.74) is 0.283. The van der Waals surface area contributed by atoms with E-state index >= 15 is 0 Å². The molecule has 0 aliphatic heterocycles. The van der Waals surface area contributed by atoms with Crippen molar-refractivity contribution in [2.24, 2.45) is 0 Å². The number of aliphatic hydroxyl groups excluding tert-OH is 1. The van der Waals surface area contributed by atoms with Crippen LogP contribution in [0.15, 0.2) is 42.9 Å². The molecule has 0 radical (unpaired) electrons. The van der Waals surface area contributed by atoms with Crippen LogP contribution < -0.4 is 5.32 Å². The van der Waals surface area contributed by atoms with E-state index in [1.54, 1.807) is 6.07 Å². The van der Waals surface area contributed by atoms with E-state index in [4.69, 9.17) is 0 Å². The minimum absolute atomic E-state index is 0.101. The zero-order valence-electron chi connectivity index (χ0n) is 9.95. The van der Waals surface area contributed by atoms with Gasteiger partial charge >= 0.3 is 0 Å². The lowest BCUT2D eigenvalue weighted by molar-refractivity contribution is 0.0908. The van der Waals surface area contributed by atoms with Gasteiger partial charge in [0, 0.05) is 24.5 Å². The first-order chi connectivity index (χ1) is 9.18. The average Bonchev–Trinajstić information content (AvgIpc) is 2.46. The highest BCUT2D eigenvalue weighted by atomic mass is 19.1. The van der Waals surface area contributed by atoms with E-state index in [1.807, 2.05) is 0 Å². The number of hydrogen-bond donors (Lipinski definition) is 2. The van der Waals surface area contributed by atoms with Crippen LogP contribution in [0.25, 0.3) is 0 Å². The van der Waals surface area contributed by atoms with Gasteiger partial charge in [-0.1, -0.05) is 18.2 Å². The minimum atomic E-state index is -1.11. The Kier molecular flexibility index (Phi) is 4.15. The molecule has 98 valence electrons. The number of nitrogens with zero attached hydrogens (tertiary/aromatic N) is 2. The van der Waals surface area contributed by atoms with Crippen molar-refractivity contribution < 1.29 is 14.3 Å². The molecule has 0 bridgehead atoms. The third-order valence-electron chi connectivity index (χ3n) is 2.52. The Morgan fingerprint density at radius 1 is 1.37 bits per heavy atom. The van der Waals surface area contributed by atoms with Gasteiger partial charge < -0.3 is 10.4 Å². The molecule has 0 spiro atoms. The van der Waals surface area contributed by atoms with E-state index in [-0.39, 0.29) is 17.8 Å². The van der Waals surface area contributed by atoms with Crippen molar-refractivity contribution in [1.29, 1.82) is 0 Å². The van der Waals surface area contributed by atoms with Crippen LogP contribution in [0.3, 0.4) is 0 Å². The number of nitrogens with one attached hydrogen (secondary N) is 1. The molecular weight excluding hydrogens is 249 g/mol. The Morgan fingerprint density at radius 3 is 2.84 bits per heavy atom. The number of carbonyl (C=O) groups is 1. The molecule has 2 aromatic rings. The second-order valence-corrected chi connectivity index (χ2v) is 3.84. The van der Waals surface area contributed by atoms with Gasteiger partial charge in [-0.05, 0) is 6.07 Å². The van der Waals surface area contributed by atoms with Gasteiger partial charge in [0.2, 0.25) is 0 Å². The van der Waals surface area contributed by atoms with E-state index < -0.39 is 17.8 Å². The summed E-state index contributed by atoms with van der Waals surface area (Å²) in [6.45, 7) is -0.101. The molecule has 1 aromatic heterocycles. The third-order valence-corrected chi connectivity index (χ3v) is 2.52. The normalized spacial score (nSPS) is 11.9. The first-order valence-corrected chi connectivity index (χ1v) is 5.65. The van der Waals surface area contributed by atoms with Crippen molar-refractivity contribution in [3.8, 4) is 0 Å². The smallest absolute Gasteiger partial charge is 0.271 e. The van der Waals surface area contributed by atoms with Crippen LogP contribution in [0.2, 0.25) is 0 Å². The highest BCUT2D eigenvalue weighted by Gasteiger charge is 2.14. The maximum absolute atomic E-state index is 13.4. The Bertz CT molecular complexity index is 563. The minimum Gasteiger partial charge on any atom is -0.386 e. The number of benzene rings is 1. The summed E-state index contributed by atoms with van der Waals surface area (Å²) in [6.07, 6.45) is 3.04. The van der Waals surface area contributed by atoms with Gasteiger partial charge in [-0.3, -0.25) is 9.78 Å². The molecule has 0 aliphatic rings. The molecule has 2 N–H and O–H groups in total. The van der Waals surface area contributed by atoms with E-state index in [0.717, 1.165) is 0 Å². The Labute approximate surface area is 109 Å². The second kappa shape index (κ2) is 6.01. The van der Waals surface area contributed by atoms with Crippen LogP contribution in [0.5, 0.6) is 0 Å². The van der Waals surface area contributed by atoms with Crippen molar-refractivity contribution in [1.82, 2.24) is 15.3 Å². The van der Waals surface area contributed by atoms with Gasteiger partial charge in [0.25, 0.3) is 5.91 Å². The summed E-state index contributed by atoms with van der Waals surface area (Å²) < 4.78 is 13.4. The molecule has 6 heteroatoms. The molecular formula is C13H12FN3O2. The van der Waals surface area contributed by atoms with Crippen molar-refractivity contribution in [2.45, 2.75) is 6.10 Å². The second-order valence-electron chi connectivity index (χ2n) is 3.84. The first-order valence-electron chi connectivity index (χ1n) is 5.65. The maximum atomic E-state index is 13.4. The van der Waals surface area contributed by atoms with Gasteiger partial charge in [0.15, 0.2) is 0 Å². The Hall–Kier alpha value is -2.34. The number of halogens is 1. The van der Waals surface area contributed by atoms with Gasteiger partial charge in [-0.15, -0.1) is 0 Å². The van der Waals surface area contributed by atoms with Gasteiger partial charge in [-0.2, -0.15) is 0 Å². The largest absolute Gasteiger partial charge is 0.386 e. The van der Waals surface area contributed by atoms with Crippen molar-refractivity contribution in [3.05, 3.63) is 59.9 Å². The Morgan fingerprint density at radius 2 is 2.16 bits per heavy atom. The molecule has 0 fully saturated rings. The quantitative estimate of drug-likeness (QED) is 0.863. The fraction of sp³-hybridized carbons (Fsp3) is 0.154. The number of hydrogen-bond acceptors (Lipinski definition) is 4. The third kappa shape index (κ3) is 3.32. The van der Waals surface area contributed by atoms with Gasteiger partial charge in [0.1, 0.15) is 11.5 Å². The number of aliphatic hydroxyl groups is 1. The fourth-order valence-electron chi connectivity index (χ4n) is 1.55. The molecule has 1 unspecified atom stereocenters. The molecule has 19 heavy (non-hydrogen) atoms. The van der Waals surface area contributed by atoms with E-state index in [2.05, 4.69) is 15.3 Å². The van der Waals surface area contributed by atoms with Crippen LogP contribution in [-0.4, -0.2) is 27.5 Å². The lowest BCUT2D eigenvalue weighted by atomic mass is 10.1. The molecule has 0 saturated heterocycles. The maximum Gasteiger partial charge on any atom is 0.271 e. The summed E-state index contributed by atoms with van der Waals surface area (Å²) in [5.74, 6) is -0.979. The zero-order valence-corrected chi connectivity index (χ0v) is 9.95. The summed E-state index contributed by atoms with van der Waals surface area (Å²) >= 11 is 0. The number of rotatable bonds is 4. The van der Waals surface area contributed by atoms with E-state index in [9.17, 15) is 14.3 Å². The topological polar surface area (TPSA) is 75.1 Å². The van der Waals surface area contributed by atoms with E-state index in [0.29, 0.717) is 0 Å². The SMILES string of the molecule is O=C(NCC(O)c1ccccc1F)c1cnccn1. The molecule has 1 amide bonds. The van der Waals surface area contributed by atoms with Crippen LogP contribution in [0, 0.1) is 5.82 Å². The van der Waals surface area contributed by atoms with E-state index in [1.165, 1.54) is 36.8 Å². The fourth-order valence-corrected chi connectivity index (χ4v) is 1.55. The predicted molar refractivity (Wildman–Crippen MR) is 65.7 cm³/mol. The summed E-state index contributed by atoms with van der Waals surface area (Å²) in [4.78, 5) is 19.2.